The van der Waals surface area contributed by atoms with Crippen molar-refractivity contribution in [1.29, 1.82) is 0 Å². The van der Waals surface area contributed by atoms with E-state index in [9.17, 15) is 9.18 Å². The van der Waals surface area contributed by atoms with E-state index in [1.807, 2.05) is 11.0 Å². The first kappa shape index (κ1) is 17.5. The summed E-state index contributed by atoms with van der Waals surface area (Å²) >= 11 is 0. The van der Waals surface area contributed by atoms with Crippen LogP contribution in [0.4, 0.5) is 9.18 Å². The molecule has 0 bridgehead atoms. The Morgan fingerprint density at radius 1 is 1.17 bits per heavy atom. The van der Waals surface area contributed by atoms with Crippen LogP contribution in [0.3, 0.4) is 0 Å². The van der Waals surface area contributed by atoms with Crippen LogP contribution in [-0.4, -0.2) is 67.5 Å². The zero-order chi connectivity index (χ0) is 16.7. The monoisotopic (exact) mass is 319 g/mol. The summed E-state index contributed by atoms with van der Waals surface area (Å²) in [6, 6.07) is 6.63. The van der Waals surface area contributed by atoms with E-state index in [2.05, 4.69) is 11.0 Å². The first-order valence-electron chi connectivity index (χ1n) is 8.17. The van der Waals surface area contributed by atoms with Crippen molar-refractivity contribution in [3.05, 3.63) is 41.7 Å². The van der Waals surface area contributed by atoms with Gasteiger partial charge in [-0.2, -0.15) is 0 Å². The molecule has 5 heteroatoms. The average Bonchev–Trinajstić information content (AvgIpc) is 2.56. The number of benzene rings is 1. The third-order valence-electron chi connectivity index (χ3n) is 4.05. The van der Waals surface area contributed by atoms with Crippen LogP contribution in [0.15, 0.2) is 30.3 Å². The van der Waals surface area contributed by atoms with E-state index in [1.165, 1.54) is 12.1 Å². The van der Waals surface area contributed by atoms with Crippen LogP contribution >= 0.6 is 0 Å². The fourth-order valence-corrected chi connectivity index (χ4v) is 2.67. The molecule has 2 amide bonds. The number of amides is 2. The van der Waals surface area contributed by atoms with E-state index in [1.54, 1.807) is 31.1 Å². The molecule has 1 heterocycles. The Morgan fingerprint density at radius 3 is 2.43 bits per heavy atom. The summed E-state index contributed by atoms with van der Waals surface area (Å²) in [6.07, 6.45) is 6.28. The summed E-state index contributed by atoms with van der Waals surface area (Å²) in [5, 5.41) is 0. The summed E-state index contributed by atoms with van der Waals surface area (Å²) in [5.41, 5.74) is 1.03. The molecule has 0 spiro atoms. The number of halogens is 1. The van der Waals surface area contributed by atoms with Crippen LogP contribution in [0.1, 0.15) is 18.4 Å². The van der Waals surface area contributed by atoms with Gasteiger partial charge in [0.25, 0.3) is 0 Å². The van der Waals surface area contributed by atoms with Crippen LogP contribution in [0.5, 0.6) is 0 Å². The number of hydrogen-bond donors (Lipinski definition) is 0. The molecule has 0 radical (unpaired) electrons. The molecule has 1 aromatic rings. The molecule has 0 saturated carbocycles. The van der Waals surface area contributed by atoms with Gasteiger partial charge in [0, 0.05) is 40.3 Å². The van der Waals surface area contributed by atoms with Crippen LogP contribution < -0.4 is 0 Å². The first-order chi connectivity index (χ1) is 11.1. The van der Waals surface area contributed by atoms with Gasteiger partial charge in [0.05, 0.1) is 0 Å². The molecule has 2 rings (SSSR count). The minimum atomic E-state index is -0.200. The van der Waals surface area contributed by atoms with Crippen LogP contribution in [-0.2, 0) is 0 Å². The first-order valence-corrected chi connectivity index (χ1v) is 8.17. The van der Waals surface area contributed by atoms with Crippen LogP contribution in [0, 0.1) is 5.82 Å². The largest absolute Gasteiger partial charge is 0.331 e. The minimum absolute atomic E-state index is 0.104. The van der Waals surface area contributed by atoms with E-state index in [0.717, 1.165) is 51.1 Å². The van der Waals surface area contributed by atoms with Gasteiger partial charge in [-0.1, -0.05) is 24.3 Å². The van der Waals surface area contributed by atoms with Crippen molar-refractivity contribution >= 4 is 12.1 Å². The van der Waals surface area contributed by atoms with Crippen molar-refractivity contribution in [3.8, 4) is 0 Å². The van der Waals surface area contributed by atoms with E-state index < -0.39 is 0 Å². The molecule has 23 heavy (non-hydrogen) atoms. The van der Waals surface area contributed by atoms with E-state index in [-0.39, 0.29) is 11.8 Å². The van der Waals surface area contributed by atoms with Gasteiger partial charge in [-0.3, -0.25) is 4.90 Å². The molecule has 1 aliphatic heterocycles. The molecular weight excluding hydrogens is 293 g/mol. The normalized spacial score (nSPS) is 16.0. The van der Waals surface area contributed by atoms with Gasteiger partial charge in [0.1, 0.15) is 5.82 Å². The minimum Gasteiger partial charge on any atom is -0.331 e. The highest BCUT2D eigenvalue weighted by Gasteiger charge is 2.21. The van der Waals surface area contributed by atoms with Crippen molar-refractivity contribution in [3.63, 3.8) is 0 Å². The average molecular weight is 319 g/mol. The highest BCUT2D eigenvalue weighted by atomic mass is 19.1. The van der Waals surface area contributed by atoms with Crippen molar-refractivity contribution in [2.45, 2.75) is 12.8 Å². The summed E-state index contributed by atoms with van der Waals surface area (Å²) < 4.78 is 12.8. The lowest BCUT2D eigenvalue weighted by Gasteiger charge is -2.35. The van der Waals surface area contributed by atoms with Gasteiger partial charge >= 0.3 is 6.03 Å². The second-order valence-corrected chi connectivity index (χ2v) is 6.10. The zero-order valence-electron chi connectivity index (χ0n) is 14.0. The molecule has 1 aliphatic rings. The maximum absolute atomic E-state index is 12.8. The molecule has 1 saturated heterocycles. The molecule has 0 aliphatic carbocycles. The lowest BCUT2D eigenvalue weighted by atomic mass is 10.2. The van der Waals surface area contributed by atoms with Crippen LogP contribution in [0.25, 0.3) is 6.08 Å². The highest BCUT2D eigenvalue weighted by molar-refractivity contribution is 5.73. The van der Waals surface area contributed by atoms with Crippen molar-refractivity contribution < 1.29 is 9.18 Å². The summed E-state index contributed by atoms with van der Waals surface area (Å²) in [6.45, 7) is 4.56. The number of carbonyl (C=O) groups is 1. The van der Waals surface area contributed by atoms with E-state index in [0.29, 0.717) is 0 Å². The van der Waals surface area contributed by atoms with Gasteiger partial charge in [-0.25, -0.2) is 9.18 Å². The van der Waals surface area contributed by atoms with Crippen molar-refractivity contribution in [2.75, 3.05) is 46.8 Å². The topological polar surface area (TPSA) is 26.8 Å². The lowest BCUT2D eigenvalue weighted by Crippen LogP contribution is -2.51. The molecule has 4 nitrogen and oxygen atoms in total. The smallest absolute Gasteiger partial charge is 0.319 e. The molecule has 0 atom stereocenters. The van der Waals surface area contributed by atoms with Gasteiger partial charge in [-0.05, 0) is 37.1 Å². The number of nitrogens with zero attached hydrogens (tertiary/aromatic N) is 3. The molecule has 1 fully saturated rings. The fourth-order valence-electron chi connectivity index (χ4n) is 2.67. The number of carbonyl (C=O) groups excluding carboxylic acids is 1. The van der Waals surface area contributed by atoms with Gasteiger partial charge < -0.3 is 9.80 Å². The molecule has 1 aromatic carbocycles. The fraction of sp³-hybridized carbons (Fsp3) is 0.500. The number of hydrogen-bond acceptors (Lipinski definition) is 2. The Bertz CT molecular complexity index is 520. The number of allylic oxidation sites excluding steroid dienone is 1. The summed E-state index contributed by atoms with van der Waals surface area (Å²) in [4.78, 5) is 17.8. The van der Waals surface area contributed by atoms with E-state index in [4.69, 9.17) is 0 Å². The highest BCUT2D eigenvalue weighted by Crippen LogP contribution is 2.08. The number of urea groups is 1. The Balaban J connectivity index is 1.62. The second kappa shape index (κ2) is 8.67. The van der Waals surface area contributed by atoms with Crippen molar-refractivity contribution in [1.82, 2.24) is 14.7 Å². The maximum Gasteiger partial charge on any atom is 0.319 e. The Kier molecular flexibility index (Phi) is 6.59. The van der Waals surface area contributed by atoms with Gasteiger partial charge in [0.2, 0.25) is 0 Å². The predicted octanol–water partition coefficient (Wildman–Crippen LogP) is 2.92. The maximum atomic E-state index is 12.8. The molecule has 0 N–H and O–H groups in total. The predicted molar refractivity (Wildman–Crippen MR) is 91.8 cm³/mol. The number of piperazine rings is 1. The summed E-state index contributed by atoms with van der Waals surface area (Å²) in [7, 11) is 3.59. The third kappa shape index (κ3) is 5.67. The number of unbranched alkanes of at least 4 members (excludes halogenated alkanes) is 1. The molecule has 126 valence electrons. The SMILES string of the molecule is CN(C)C(=O)N1CCN(CCCC=Cc2ccc(F)cc2)CC1. The quantitative estimate of drug-likeness (QED) is 0.780. The van der Waals surface area contributed by atoms with Gasteiger partial charge in [0.15, 0.2) is 0 Å². The number of rotatable bonds is 5. The van der Waals surface area contributed by atoms with Crippen molar-refractivity contribution in [2.24, 2.45) is 0 Å². The molecular formula is C18H26FN3O. The third-order valence-corrected chi connectivity index (χ3v) is 4.05. The Morgan fingerprint density at radius 2 is 1.83 bits per heavy atom. The Labute approximate surface area is 138 Å². The zero-order valence-corrected chi connectivity index (χ0v) is 14.0. The van der Waals surface area contributed by atoms with Crippen LogP contribution in [0.2, 0.25) is 0 Å². The molecule has 0 unspecified atom stereocenters. The standard InChI is InChI=1S/C18H26FN3O/c1-20(2)18(23)22-14-12-21(13-15-22)11-5-3-4-6-16-7-9-17(19)10-8-16/h4,6-10H,3,5,11-15H2,1-2H3. The molecule has 0 aromatic heterocycles. The second-order valence-electron chi connectivity index (χ2n) is 6.10. The van der Waals surface area contributed by atoms with E-state index >= 15 is 0 Å². The Hall–Kier alpha value is -1.88. The summed E-state index contributed by atoms with van der Waals surface area (Å²) in [5.74, 6) is -0.200. The van der Waals surface area contributed by atoms with Gasteiger partial charge in [-0.15, -0.1) is 0 Å². The lowest BCUT2D eigenvalue weighted by molar-refractivity contribution is 0.123.